The number of ether oxygens (including phenoxy) is 3. The molecule has 1 fully saturated rings. The van der Waals surface area contributed by atoms with Crippen LogP contribution >= 0.6 is 12.2 Å². The van der Waals surface area contributed by atoms with Gasteiger partial charge in [-0.25, -0.2) is 0 Å². The van der Waals surface area contributed by atoms with Gasteiger partial charge in [-0.2, -0.15) is 0 Å². The summed E-state index contributed by atoms with van der Waals surface area (Å²) < 4.78 is 19.5. The fourth-order valence-electron chi connectivity index (χ4n) is 5.76. The summed E-state index contributed by atoms with van der Waals surface area (Å²) in [6, 6.07) is 31.9. The Bertz CT molecular complexity index is 1720. The average molecular weight is 561 g/mol. The van der Waals surface area contributed by atoms with E-state index in [0.717, 1.165) is 57.0 Å². The molecule has 8 heteroatoms. The molecule has 2 unspecified atom stereocenters. The smallest absolute Gasteiger partial charge is 0.231 e. The van der Waals surface area contributed by atoms with Gasteiger partial charge >= 0.3 is 0 Å². The van der Waals surface area contributed by atoms with Crippen molar-refractivity contribution in [1.29, 1.82) is 0 Å². The molecule has 41 heavy (non-hydrogen) atoms. The first kappa shape index (κ1) is 25.2. The SMILES string of the molecule is Cc1cc(C2C(c3ccccn3)NC(=S)N2c2ccc(Oc3ccccc3)cc2)c(C)n1-c1ccc2c(c1)OCO2. The van der Waals surface area contributed by atoms with Crippen molar-refractivity contribution < 1.29 is 14.2 Å². The molecule has 0 radical (unpaired) electrons. The molecule has 4 heterocycles. The third-order valence-corrected chi connectivity index (χ3v) is 7.91. The van der Waals surface area contributed by atoms with Crippen LogP contribution in [0.3, 0.4) is 0 Å². The molecule has 2 aliphatic rings. The first-order valence-corrected chi connectivity index (χ1v) is 13.9. The van der Waals surface area contributed by atoms with E-state index in [1.165, 1.54) is 0 Å². The van der Waals surface area contributed by atoms with Crippen molar-refractivity contribution in [3.63, 3.8) is 0 Å². The second-order valence-electron chi connectivity index (χ2n) is 10.1. The van der Waals surface area contributed by atoms with Gasteiger partial charge in [0.2, 0.25) is 6.79 Å². The monoisotopic (exact) mass is 560 g/mol. The summed E-state index contributed by atoms with van der Waals surface area (Å²) in [7, 11) is 0. The zero-order valence-corrected chi connectivity index (χ0v) is 23.5. The van der Waals surface area contributed by atoms with Gasteiger partial charge in [-0.3, -0.25) is 4.98 Å². The van der Waals surface area contributed by atoms with Crippen LogP contribution in [0, 0.1) is 13.8 Å². The lowest BCUT2D eigenvalue weighted by molar-refractivity contribution is 0.174. The average Bonchev–Trinajstić information content (AvgIpc) is 3.69. The molecule has 1 N–H and O–H groups in total. The van der Waals surface area contributed by atoms with E-state index in [0.29, 0.717) is 5.11 Å². The predicted molar refractivity (Wildman–Crippen MR) is 162 cm³/mol. The lowest BCUT2D eigenvalue weighted by atomic mass is 9.96. The lowest BCUT2D eigenvalue weighted by Gasteiger charge is -2.28. The van der Waals surface area contributed by atoms with E-state index in [1.807, 2.05) is 79.0 Å². The number of pyridine rings is 1. The predicted octanol–water partition coefficient (Wildman–Crippen LogP) is 7.19. The maximum atomic E-state index is 6.04. The van der Waals surface area contributed by atoms with Gasteiger partial charge in [0, 0.05) is 35.0 Å². The number of nitrogens with one attached hydrogen (secondary N) is 1. The Morgan fingerprint density at radius 1 is 0.829 bits per heavy atom. The Hall–Kier alpha value is -4.82. The highest BCUT2D eigenvalue weighted by Crippen LogP contribution is 2.44. The molecular formula is C33H28N4O3S. The van der Waals surface area contributed by atoms with Crippen LogP contribution in [0.1, 0.15) is 34.7 Å². The number of nitrogens with zero attached hydrogens (tertiary/aromatic N) is 3. The Morgan fingerprint density at radius 3 is 2.34 bits per heavy atom. The van der Waals surface area contributed by atoms with E-state index < -0.39 is 0 Å². The number of aromatic nitrogens is 2. The molecule has 0 saturated carbocycles. The number of fused-ring (bicyclic) bond motifs is 1. The number of para-hydroxylation sites is 1. The molecular weight excluding hydrogens is 532 g/mol. The number of benzene rings is 3. The summed E-state index contributed by atoms with van der Waals surface area (Å²) >= 11 is 5.96. The van der Waals surface area contributed by atoms with E-state index in [4.69, 9.17) is 31.4 Å². The van der Waals surface area contributed by atoms with Gasteiger partial charge in [0.25, 0.3) is 0 Å². The second kappa shape index (κ2) is 10.3. The van der Waals surface area contributed by atoms with Crippen LogP contribution in [0.2, 0.25) is 0 Å². The summed E-state index contributed by atoms with van der Waals surface area (Å²) in [6.07, 6.45) is 1.82. The Morgan fingerprint density at radius 2 is 1.56 bits per heavy atom. The number of aryl methyl sites for hydroxylation is 1. The van der Waals surface area contributed by atoms with Crippen LogP contribution in [-0.2, 0) is 0 Å². The van der Waals surface area contributed by atoms with Crippen LogP contribution in [0.5, 0.6) is 23.0 Å². The molecule has 2 aromatic heterocycles. The van der Waals surface area contributed by atoms with Gasteiger partial charge in [0.15, 0.2) is 16.6 Å². The molecule has 2 atom stereocenters. The minimum absolute atomic E-state index is 0.132. The van der Waals surface area contributed by atoms with Crippen molar-refractivity contribution >= 4 is 23.0 Å². The number of thiocarbonyl (C=S) groups is 1. The van der Waals surface area contributed by atoms with Crippen molar-refractivity contribution in [1.82, 2.24) is 14.9 Å². The molecule has 7 rings (SSSR count). The maximum absolute atomic E-state index is 6.04. The first-order chi connectivity index (χ1) is 20.1. The van der Waals surface area contributed by atoms with E-state index in [9.17, 15) is 0 Å². The molecule has 2 aliphatic heterocycles. The highest BCUT2D eigenvalue weighted by molar-refractivity contribution is 7.80. The van der Waals surface area contributed by atoms with Gasteiger partial charge < -0.3 is 29.0 Å². The van der Waals surface area contributed by atoms with E-state index >= 15 is 0 Å². The Labute approximate surface area is 243 Å². The van der Waals surface area contributed by atoms with Gasteiger partial charge in [-0.1, -0.05) is 24.3 Å². The largest absolute Gasteiger partial charge is 0.457 e. The molecule has 0 spiro atoms. The summed E-state index contributed by atoms with van der Waals surface area (Å²) in [5.41, 5.74) is 6.31. The van der Waals surface area contributed by atoms with E-state index in [-0.39, 0.29) is 18.9 Å². The number of anilines is 1. The van der Waals surface area contributed by atoms with Crippen molar-refractivity contribution in [3.8, 4) is 28.7 Å². The molecule has 3 aromatic carbocycles. The Kier molecular flexibility index (Phi) is 6.32. The number of hydrogen-bond acceptors (Lipinski definition) is 5. The van der Waals surface area contributed by atoms with Gasteiger partial charge in [0.05, 0.1) is 17.8 Å². The van der Waals surface area contributed by atoms with Gasteiger partial charge in [0.1, 0.15) is 11.5 Å². The summed E-state index contributed by atoms with van der Waals surface area (Å²) in [5, 5.41) is 4.22. The van der Waals surface area contributed by atoms with Gasteiger partial charge in [-0.05, 0) is 98.4 Å². The molecule has 204 valence electrons. The maximum Gasteiger partial charge on any atom is 0.231 e. The van der Waals surface area contributed by atoms with Crippen molar-refractivity contribution in [2.45, 2.75) is 25.9 Å². The highest BCUT2D eigenvalue weighted by Gasteiger charge is 2.42. The standard InChI is InChI=1S/C33H28N4O3S/c1-21-18-27(22(2)36(21)24-13-16-29-30(19-24)39-20-38-29)32-31(28-10-6-7-17-34-28)35-33(41)37(32)23-11-14-26(15-12-23)40-25-8-4-3-5-9-25/h3-19,31-32H,20H2,1-2H3,(H,35,41). The molecule has 7 nitrogen and oxygen atoms in total. The van der Waals surface area contributed by atoms with Crippen molar-refractivity contribution in [3.05, 3.63) is 126 Å². The summed E-state index contributed by atoms with van der Waals surface area (Å²) in [6.45, 7) is 4.52. The molecule has 0 bridgehead atoms. The fraction of sp³-hybridized carbons (Fsp3) is 0.152. The summed E-state index contributed by atoms with van der Waals surface area (Å²) in [5.74, 6) is 3.08. The Balaban J connectivity index is 1.29. The molecule has 0 amide bonds. The van der Waals surface area contributed by atoms with E-state index in [1.54, 1.807) is 0 Å². The molecule has 0 aliphatic carbocycles. The van der Waals surface area contributed by atoms with Crippen molar-refractivity contribution in [2.24, 2.45) is 0 Å². The normalized spacial score (nSPS) is 17.5. The van der Waals surface area contributed by atoms with Crippen LogP contribution in [0.15, 0.2) is 103 Å². The van der Waals surface area contributed by atoms with Crippen LogP contribution in [0.25, 0.3) is 5.69 Å². The second-order valence-corrected chi connectivity index (χ2v) is 10.5. The third-order valence-electron chi connectivity index (χ3n) is 7.60. The topological polar surface area (TPSA) is 60.8 Å². The molecule has 5 aromatic rings. The van der Waals surface area contributed by atoms with Crippen molar-refractivity contribution in [2.75, 3.05) is 11.7 Å². The van der Waals surface area contributed by atoms with E-state index in [2.05, 4.69) is 52.9 Å². The van der Waals surface area contributed by atoms with Crippen LogP contribution in [-0.4, -0.2) is 21.5 Å². The minimum Gasteiger partial charge on any atom is -0.457 e. The summed E-state index contributed by atoms with van der Waals surface area (Å²) in [4.78, 5) is 6.90. The zero-order valence-electron chi connectivity index (χ0n) is 22.7. The third kappa shape index (κ3) is 4.56. The number of rotatable bonds is 6. The number of hydrogen-bond donors (Lipinski definition) is 1. The zero-order chi connectivity index (χ0) is 27.9. The quantitative estimate of drug-likeness (QED) is 0.221. The van der Waals surface area contributed by atoms with Crippen LogP contribution in [0.4, 0.5) is 5.69 Å². The first-order valence-electron chi connectivity index (χ1n) is 13.5. The lowest BCUT2D eigenvalue weighted by Crippen LogP contribution is -2.29. The fourth-order valence-corrected chi connectivity index (χ4v) is 6.10. The van der Waals surface area contributed by atoms with Crippen LogP contribution < -0.4 is 24.4 Å². The molecule has 1 saturated heterocycles. The minimum atomic E-state index is -0.144. The highest BCUT2D eigenvalue weighted by atomic mass is 32.1. The van der Waals surface area contributed by atoms with Gasteiger partial charge in [-0.15, -0.1) is 0 Å².